The van der Waals surface area contributed by atoms with Crippen molar-refractivity contribution in [1.29, 1.82) is 0 Å². The molecule has 1 aliphatic heterocycles. The average molecular weight is 357 g/mol. The first-order valence-corrected chi connectivity index (χ1v) is 8.71. The summed E-state index contributed by atoms with van der Waals surface area (Å²) in [5, 5.41) is 9.52. The number of piperidine rings is 1. The standard InChI is InChI=1S/C18H23N5O3/c1-12-5-3-4-6-15(12)17(24)21-14-7-9-23(10-8-14)18(25)19-11-16-20-13(2)22-26-16/h3-6,14H,7-11H2,1-2H3,(H,19,25)(H,21,24). The molecular formula is C18H23N5O3. The van der Waals surface area contributed by atoms with Gasteiger partial charge in [0.15, 0.2) is 5.82 Å². The van der Waals surface area contributed by atoms with Crippen molar-refractivity contribution in [3.05, 3.63) is 47.1 Å². The lowest BCUT2D eigenvalue weighted by molar-refractivity contribution is 0.0917. The van der Waals surface area contributed by atoms with E-state index in [0.717, 1.165) is 18.4 Å². The molecule has 1 aliphatic rings. The third kappa shape index (κ3) is 4.38. The molecule has 0 bridgehead atoms. The van der Waals surface area contributed by atoms with Crippen LogP contribution >= 0.6 is 0 Å². The number of urea groups is 1. The topological polar surface area (TPSA) is 100 Å². The zero-order valence-electron chi connectivity index (χ0n) is 15.0. The van der Waals surface area contributed by atoms with Crippen molar-refractivity contribution < 1.29 is 14.1 Å². The van der Waals surface area contributed by atoms with Gasteiger partial charge in [-0.1, -0.05) is 23.4 Å². The predicted octanol–water partition coefficient (Wildman–Crippen LogP) is 1.79. The van der Waals surface area contributed by atoms with E-state index in [0.29, 0.717) is 30.4 Å². The van der Waals surface area contributed by atoms with Gasteiger partial charge >= 0.3 is 6.03 Å². The van der Waals surface area contributed by atoms with Crippen molar-refractivity contribution in [2.75, 3.05) is 13.1 Å². The van der Waals surface area contributed by atoms with E-state index >= 15 is 0 Å². The summed E-state index contributed by atoms with van der Waals surface area (Å²) in [6.07, 6.45) is 1.45. The molecule has 1 fully saturated rings. The number of rotatable bonds is 4. The SMILES string of the molecule is Cc1noc(CNC(=O)N2CCC(NC(=O)c3ccccc3C)CC2)n1. The monoisotopic (exact) mass is 357 g/mol. The van der Waals surface area contributed by atoms with Crippen LogP contribution in [-0.4, -0.2) is 46.1 Å². The highest BCUT2D eigenvalue weighted by molar-refractivity contribution is 5.95. The van der Waals surface area contributed by atoms with Crippen LogP contribution in [0.5, 0.6) is 0 Å². The number of aryl methyl sites for hydroxylation is 2. The summed E-state index contributed by atoms with van der Waals surface area (Å²) in [5.41, 5.74) is 1.65. The van der Waals surface area contributed by atoms with Crippen molar-refractivity contribution in [3.8, 4) is 0 Å². The number of hydrogen-bond acceptors (Lipinski definition) is 5. The number of carbonyl (C=O) groups excluding carboxylic acids is 2. The van der Waals surface area contributed by atoms with E-state index in [4.69, 9.17) is 4.52 Å². The first-order chi connectivity index (χ1) is 12.5. The summed E-state index contributed by atoms with van der Waals surface area (Å²) >= 11 is 0. The molecule has 2 N–H and O–H groups in total. The Labute approximate surface area is 151 Å². The highest BCUT2D eigenvalue weighted by atomic mass is 16.5. The van der Waals surface area contributed by atoms with Crippen molar-refractivity contribution in [1.82, 2.24) is 25.7 Å². The van der Waals surface area contributed by atoms with Crippen LogP contribution in [0.1, 0.15) is 40.5 Å². The molecule has 2 aromatic rings. The molecule has 0 spiro atoms. The van der Waals surface area contributed by atoms with E-state index in [2.05, 4.69) is 20.8 Å². The van der Waals surface area contributed by atoms with Crippen LogP contribution in [0.3, 0.4) is 0 Å². The van der Waals surface area contributed by atoms with Crippen molar-refractivity contribution in [2.24, 2.45) is 0 Å². The molecular weight excluding hydrogens is 334 g/mol. The molecule has 8 heteroatoms. The molecule has 1 saturated heterocycles. The van der Waals surface area contributed by atoms with Crippen molar-refractivity contribution in [2.45, 2.75) is 39.3 Å². The summed E-state index contributed by atoms with van der Waals surface area (Å²) < 4.78 is 4.97. The molecule has 3 amide bonds. The first kappa shape index (κ1) is 17.9. The van der Waals surface area contributed by atoms with Gasteiger partial charge in [-0.15, -0.1) is 0 Å². The van der Waals surface area contributed by atoms with Gasteiger partial charge in [0, 0.05) is 24.7 Å². The number of hydrogen-bond donors (Lipinski definition) is 2. The predicted molar refractivity (Wildman–Crippen MR) is 94.5 cm³/mol. The lowest BCUT2D eigenvalue weighted by atomic mass is 10.0. The Balaban J connectivity index is 1.44. The van der Waals surface area contributed by atoms with E-state index in [1.54, 1.807) is 11.8 Å². The summed E-state index contributed by atoms with van der Waals surface area (Å²) in [4.78, 5) is 30.4. The number of benzene rings is 1. The Morgan fingerprint density at radius 2 is 1.96 bits per heavy atom. The molecule has 1 aromatic heterocycles. The van der Waals surface area contributed by atoms with Crippen LogP contribution < -0.4 is 10.6 Å². The molecule has 0 saturated carbocycles. The molecule has 2 heterocycles. The first-order valence-electron chi connectivity index (χ1n) is 8.71. The maximum atomic E-state index is 12.4. The van der Waals surface area contributed by atoms with Crippen LogP contribution in [0, 0.1) is 13.8 Å². The largest absolute Gasteiger partial charge is 0.349 e. The van der Waals surface area contributed by atoms with Crippen LogP contribution in [0.15, 0.2) is 28.8 Å². The minimum Gasteiger partial charge on any atom is -0.349 e. The molecule has 0 radical (unpaired) electrons. The van der Waals surface area contributed by atoms with E-state index in [9.17, 15) is 9.59 Å². The summed E-state index contributed by atoms with van der Waals surface area (Å²) in [6, 6.07) is 7.44. The summed E-state index contributed by atoms with van der Waals surface area (Å²) in [6.45, 7) is 5.04. The average Bonchev–Trinajstić information content (AvgIpc) is 3.06. The zero-order chi connectivity index (χ0) is 18.5. The minimum atomic E-state index is -0.162. The molecule has 0 atom stereocenters. The van der Waals surface area contributed by atoms with E-state index < -0.39 is 0 Å². The van der Waals surface area contributed by atoms with Gasteiger partial charge in [0.25, 0.3) is 5.91 Å². The van der Waals surface area contributed by atoms with E-state index in [1.165, 1.54) is 0 Å². The Hall–Kier alpha value is -2.90. The van der Waals surface area contributed by atoms with Gasteiger partial charge in [-0.2, -0.15) is 4.98 Å². The van der Waals surface area contributed by atoms with Crippen LogP contribution in [-0.2, 0) is 6.54 Å². The third-order valence-electron chi connectivity index (χ3n) is 4.47. The molecule has 1 aromatic carbocycles. The van der Waals surface area contributed by atoms with E-state index in [-0.39, 0.29) is 24.5 Å². The molecule has 8 nitrogen and oxygen atoms in total. The molecule has 0 aliphatic carbocycles. The number of amides is 3. The van der Waals surface area contributed by atoms with Gasteiger partial charge in [-0.3, -0.25) is 4.79 Å². The zero-order valence-corrected chi connectivity index (χ0v) is 15.0. The van der Waals surface area contributed by atoms with Gasteiger partial charge in [0.05, 0.1) is 6.54 Å². The lowest BCUT2D eigenvalue weighted by Gasteiger charge is -2.32. The quantitative estimate of drug-likeness (QED) is 0.869. The van der Waals surface area contributed by atoms with Gasteiger partial charge < -0.3 is 20.1 Å². The normalized spacial score (nSPS) is 14.9. The van der Waals surface area contributed by atoms with Gasteiger partial charge in [0.2, 0.25) is 5.89 Å². The second kappa shape index (κ2) is 7.99. The van der Waals surface area contributed by atoms with Gasteiger partial charge in [-0.25, -0.2) is 4.79 Å². The fraction of sp³-hybridized carbons (Fsp3) is 0.444. The Bertz CT molecular complexity index is 781. The minimum absolute atomic E-state index is 0.0576. The summed E-state index contributed by atoms with van der Waals surface area (Å²) in [5.74, 6) is 0.869. The highest BCUT2D eigenvalue weighted by Crippen LogP contribution is 2.13. The van der Waals surface area contributed by atoms with Crippen molar-refractivity contribution in [3.63, 3.8) is 0 Å². The highest BCUT2D eigenvalue weighted by Gasteiger charge is 2.24. The number of nitrogens with one attached hydrogen (secondary N) is 2. The smallest absolute Gasteiger partial charge is 0.317 e. The fourth-order valence-corrected chi connectivity index (χ4v) is 2.99. The third-order valence-corrected chi connectivity index (χ3v) is 4.47. The van der Waals surface area contributed by atoms with Gasteiger partial charge in [0.1, 0.15) is 0 Å². The number of aromatic nitrogens is 2. The Morgan fingerprint density at radius 3 is 2.62 bits per heavy atom. The number of nitrogens with zero attached hydrogens (tertiary/aromatic N) is 3. The number of carbonyl (C=O) groups is 2. The fourth-order valence-electron chi connectivity index (χ4n) is 2.99. The second-order valence-corrected chi connectivity index (χ2v) is 6.44. The van der Waals surface area contributed by atoms with Crippen LogP contribution in [0.2, 0.25) is 0 Å². The number of likely N-dealkylation sites (tertiary alicyclic amines) is 1. The molecule has 3 rings (SSSR count). The van der Waals surface area contributed by atoms with Crippen LogP contribution in [0.4, 0.5) is 4.79 Å². The maximum Gasteiger partial charge on any atom is 0.317 e. The lowest BCUT2D eigenvalue weighted by Crippen LogP contribution is -2.49. The molecule has 0 unspecified atom stereocenters. The van der Waals surface area contributed by atoms with Crippen LogP contribution in [0.25, 0.3) is 0 Å². The Kier molecular flexibility index (Phi) is 5.50. The molecule has 26 heavy (non-hydrogen) atoms. The van der Waals surface area contributed by atoms with Crippen molar-refractivity contribution >= 4 is 11.9 Å². The summed E-state index contributed by atoms with van der Waals surface area (Å²) in [7, 11) is 0. The van der Waals surface area contributed by atoms with E-state index in [1.807, 2.05) is 31.2 Å². The second-order valence-electron chi connectivity index (χ2n) is 6.44. The van der Waals surface area contributed by atoms with Gasteiger partial charge in [-0.05, 0) is 38.3 Å². The Morgan fingerprint density at radius 1 is 1.23 bits per heavy atom. The molecule has 138 valence electrons. The maximum absolute atomic E-state index is 12.4.